The third-order valence-electron chi connectivity index (χ3n) is 5.34. The van der Waals surface area contributed by atoms with Crippen molar-refractivity contribution in [2.24, 2.45) is 0 Å². The molecule has 1 nitrogen and oxygen atoms in total. The van der Waals surface area contributed by atoms with Gasteiger partial charge in [-0.1, -0.05) is 112 Å². The molecule has 0 fully saturated rings. The first-order valence-corrected chi connectivity index (χ1v) is 23.0. The van der Waals surface area contributed by atoms with Crippen molar-refractivity contribution in [2.75, 3.05) is 7.11 Å². The Bertz CT molecular complexity index is 912. The fourth-order valence-corrected chi connectivity index (χ4v) is 7.96. The molecule has 0 saturated heterocycles. The van der Waals surface area contributed by atoms with E-state index in [9.17, 15) is 0 Å². The summed E-state index contributed by atoms with van der Waals surface area (Å²) in [6, 6.07) is 7.00. The molecule has 5 heteroatoms. The quantitative estimate of drug-likeness (QED) is 0.233. The second-order valence-electron chi connectivity index (χ2n) is 13.9. The number of ether oxygens (including phenoxy) is 1. The summed E-state index contributed by atoms with van der Waals surface area (Å²) < 4.78 is 5.99. The largest absolute Gasteiger partial charge is 3.00 e. The summed E-state index contributed by atoms with van der Waals surface area (Å²) in [5.41, 5.74) is 7.02. The molecule has 2 aromatic rings. The molecular weight excluding hydrogens is 636 g/mol. The van der Waals surface area contributed by atoms with E-state index >= 15 is 0 Å². The zero-order valence-electron chi connectivity index (χ0n) is 25.8. The summed E-state index contributed by atoms with van der Waals surface area (Å²) in [5, 5.41) is 3.00. The number of methoxy groups -OCH3 is 1. The number of benzene rings is 1. The van der Waals surface area contributed by atoms with Gasteiger partial charge in [-0.2, -0.15) is 21.9 Å². The maximum atomic E-state index is 5.99. The predicted molar refractivity (Wildman–Crippen MR) is 167 cm³/mol. The van der Waals surface area contributed by atoms with Crippen molar-refractivity contribution in [2.45, 2.75) is 106 Å². The summed E-state index contributed by atoms with van der Waals surface area (Å²) in [7, 11) is -1.75. The van der Waals surface area contributed by atoms with E-state index in [0.717, 1.165) is 5.75 Å². The molecule has 0 spiro atoms. The van der Waals surface area contributed by atoms with E-state index in [0.29, 0.717) is 0 Å². The normalized spacial score (nSPS) is 12.1. The number of hydrogen-bond donors (Lipinski definition) is 0. The van der Waals surface area contributed by atoms with Gasteiger partial charge in [-0.05, 0) is 23.1 Å². The van der Waals surface area contributed by atoms with Crippen molar-refractivity contribution in [3.8, 4) is 5.75 Å². The maximum Gasteiger partial charge on any atom is 3.00 e. The number of aryl methyl sites for hydroxylation is 3. The topological polar surface area (TPSA) is 9.23 Å². The SMILES string of the molecule is COc1c(C(C)(C)C)cc(C)cc1[Si](C)(C)[c-]1c(C)cc(C)c1C.[CH2-][Si](C)(C)C.[CH2-][Si](C)(C)C.[Lu+3]. The zero-order chi connectivity index (χ0) is 27.4. The van der Waals surface area contributed by atoms with Crippen LogP contribution in [0.4, 0.5) is 0 Å². The monoisotopic (exact) mass is 690 g/mol. The Hall–Kier alpha value is 0.254. The number of rotatable bonds is 3. The van der Waals surface area contributed by atoms with Gasteiger partial charge in [-0.15, -0.1) is 16.1 Å². The smallest absolute Gasteiger partial charge is 0.497 e. The fourth-order valence-electron chi connectivity index (χ4n) is 4.11. The second kappa shape index (κ2) is 13.9. The molecule has 0 aliphatic carbocycles. The van der Waals surface area contributed by atoms with Gasteiger partial charge in [0.15, 0.2) is 0 Å². The van der Waals surface area contributed by atoms with E-state index in [4.69, 9.17) is 4.74 Å². The van der Waals surface area contributed by atoms with Gasteiger partial charge in [0.25, 0.3) is 0 Å². The van der Waals surface area contributed by atoms with Gasteiger partial charge in [0.1, 0.15) is 5.75 Å². The van der Waals surface area contributed by atoms with Gasteiger partial charge in [0.2, 0.25) is 0 Å². The van der Waals surface area contributed by atoms with E-state index in [1.165, 1.54) is 33.0 Å². The van der Waals surface area contributed by atoms with Crippen LogP contribution in [0, 0.1) is 77.7 Å². The van der Waals surface area contributed by atoms with Crippen molar-refractivity contribution in [3.05, 3.63) is 59.1 Å². The molecular formula is C30H55LuOSi3. The van der Waals surface area contributed by atoms with E-state index in [2.05, 4.69) is 132 Å². The van der Waals surface area contributed by atoms with Gasteiger partial charge in [0.05, 0.1) is 15.2 Å². The first-order chi connectivity index (χ1) is 14.9. The molecule has 2 rings (SSSR count). The Kier molecular flexibility index (Phi) is 14.8. The number of hydrogen-bond acceptors (Lipinski definition) is 1. The van der Waals surface area contributed by atoms with E-state index in [-0.39, 0.29) is 42.3 Å². The molecule has 0 N–H and O–H groups in total. The third kappa shape index (κ3) is 13.1. The van der Waals surface area contributed by atoms with Crippen molar-refractivity contribution < 1.29 is 41.6 Å². The maximum absolute atomic E-state index is 5.99. The van der Waals surface area contributed by atoms with Crippen LogP contribution in [0.1, 0.15) is 48.6 Å². The van der Waals surface area contributed by atoms with Crippen LogP contribution in [0.3, 0.4) is 0 Å². The fraction of sp³-hybridized carbons (Fsp3) is 0.567. The Balaban J connectivity index is 0. The average molecular weight is 691 g/mol. The van der Waals surface area contributed by atoms with Crippen LogP contribution in [0.15, 0.2) is 18.2 Å². The molecule has 0 amide bonds. The minimum atomic E-state index is -1.86. The molecule has 0 radical (unpaired) electrons. The molecule has 0 aliphatic heterocycles. The first-order valence-electron chi connectivity index (χ1n) is 12.6. The Morgan fingerprint density at radius 3 is 1.46 bits per heavy atom. The van der Waals surface area contributed by atoms with Gasteiger partial charge < -0.3 is 17.8 Å². The van der Waals surface area contributed by atoms with Gasteiger partial charge in [-0.25, -0.2) is 6.07 Å². The molecule has 0 bridgehead atoms. The van der Waals surface area contributed by atoms with Gasteiger partial charge in [-0.3, -0.25) is 0 Å². The Morgan fingerprint density at radius 2 is 1.17 bits per heavy atom. The van der Waals surface area contributed by atoms with Crippen LogP contribution >= 0.6 is 0 Å². The van der Waals surface area contributed by atoms with E-state index in [1.54, 1.807) is 5.19 Å². The molecule has 0 saturated carbocycles. The van der Waals surface area contributed by atoms with Crippen LogP contribution < -0.4 is 15.1 Å². The van der Waals surface area contributed by atoms with E-state index in [1.807, 2.05) is 7.11 Å². The van der Waals surface area contributed by atoms with Crippen LogP contribution in [-0.2, 0) is 5.41 Å². The molecule has 0 aliphatic rings. The van der Waals surface area contributed by atoms with E-state index < -0.39 is 24.2 Å². The zero-order valence-corrected chi connectivity index (χ0v) is 30.5. The second-order valence-corrected chi connectivity index (χ2v) is 28.4. The van der Waals surface area contributed by atoms with Crippen molar-refractivity contribution in [1.29, 1.82) is 0 Å². The summed E-state index contributed by atoms with van der Waals surface area (Å²) >= 11 is 0. The third-order valence-corrected chi connectivity index (χ3v) is 9.08. The standard InChI is InChI=1S/C22H33OSi.2C4H11Si.Lu/c1-14-11-18(22(5,6)7)20(23-8)19(12-14)24(9,10)21-16(3)13-15(2)17(21)4;2*1-5(2,3)4;/h11-13H,1-10H3;2*1H2,2-4H3;/q3*-1;+3. The molecule has 0 heterocycles. The minimum Gasteiger partial charge on any atom is -0.497 e. The van der Waals surface area contributed by atoms with Crippen LogP contribution in [0.5, 0.6) is 5.75 Å². The van der Waals surface area contributed by atoms with Crippen molar-refractivity contribution >= 4 is 34.6 Å². The summed E-state index contributed by atoms with van der Waals surface area (Å²) in [6.45, 7) is 41.8. The summed E-state index contributed by atoms with van der Waals surface area (Å²) in [4.78, 5) is 0. The summed E-state index contributed by atoms with van der Waals surface area (Å²) in [6.07, 6.45) is 0. The molecule has 2 aromatic carbocycles. The van der Waals surface area contributed by atoms with Gasteiger partial charge >= 0.3 is 36.9 Å². The van der Waals surface area contributed by atoms with Crippen LogP contribution in [0.2, 0.25) is 52.4 Å². The van der Waals surface area contributed by atoms with Crippen molar-refractivity contribution in [3.63, 3.8) is 0 Å². The Morgan fingerprint density at radius 1 is 0.771 bits per heavy atom. The average Bonchev–Trinajstić information content (AvgIpc) is 2.83. The minimum absolute atomic E-state index is 0. The van der Waals surface area contributed by atoms with Crippen LogP contribution in [0.25, 0.3) is 0 Å². The molecule has 0 aromatic heterocycles. The van der Waals surface area contributed by atoms with Crippen molar-refractivity contribution in [1.82, 2.24) is 0 Å². The van der Waals surface area contributed by atoms with Gasteiger partial charge in [0, 0.05) is 0 Å². The first kappa shape index (κ1) is 37.4. The Labute approximate surface area is 252 Å². The predicted octanol–water partition coefficient (Wildman–Crippen LogP) is 8.16. The molecule has 35 heavy (non-hydrogen) atoms. The molecule has 0 atom stereocenters. The molecule has 0 unspecified atom stereocenters. The molecule has 208 valence electrons. The van der Waals surface area contributed by atoms with Crippen LogP contribution in [-0.4, -0.2) is 31.3 Å². The summed E-state index contributed by atoms with van der Waals surface area (Å²) in [5.74, 6) is 1.10.